The van der Waals surface area contributed by atoms with Crippen LogP contribution in [0.2, 0.25) is 0 Å². The minimum absolute atomic E-state index is 0.178. The number of pyridine rings is 1. The van der Waals surface area contributed by atoms with E-state index in [0.29, 0.717) is 30.3 Å². The van der Waals surface area contributed by atoms with Crippen LogP contribution < -0.4 is 10.1 Å². The lowest BCUT2D eigenvalue weighted by molar-refractivity contribution is 0.0953. The van der Waals surface area contributed by atoms with Crippen molar-refractivity contribution < 1.29 is 13.9 Å². The van der Waals surface area contributed by atoms with Crippen molar-refractivity contribution in [3.05, 3.63) is 66.2 Å². The van der Waals surface area contributed by atoms with Crippen molar-refractivity contribution in [1.82, 2.24) is 15.3 Å². The predicted molar refractivity (Wildman–Crippen MR) is 88.8 cm³/mol. The van der Waals surface area contributed by atoms with Gasteiger partial charge in [-0.3, -0.25) is 4.79 Å². The van der Waals surface area contributed by atoms with Gasteiger partial charge in [-0.25, -0.2) is 9.97 Å². The Bertz CT molecular complexity index is 815. The van der Waals surface area contributed by atoms with E-state index in [2.05, 4.69) is 15.3 Å². The van der Waals surface area contributed by atoms with Gasteiger partial charge in [0.1, 0.15) is 6.26 Å². The fraction of sp³-hybridized carbons (Fsp3) is 0.167. The lowest BCUT2D eigenvalue weighted by Gasteiger charge is -2.05. The van der Waals surface area contributed by atoms with Gasteiger partial charge in [0.25, 0.3) is 5.91 Å². The summed E-state index contributed by atoms with van der Waals surface area (Å²) >= 11 is 0. The molecule has 1 amide bonds. The number of oxazole rings is 1. The van der Waals surface area contributed by atoms with Crippen molar-refractivity contribution in [2.75, 3.05) is 13.7 Å². The molecule has 3 aromatic rings. The monoisotopic (exact) mass is 323 g/mol. The topological polar surface area (TPSA) is 77.2 Å². The van der Waals surface area contributed by atoms with Crippen LogP contribution in [0.5, 0.6) is 5.88 Å². The van der Waals surface area contributed by atoms with Gasteiger partial charge in [-0.05, 0) is 18.2 Å². The number of aromatic nitrogens is 2. The van der Waals surface area contributed by atoms with Gasteiger partial charge < -0.3 is 14.5 Å². The molecular formula is C18H17N3O3. The molecule has 3 rings (SSSR count). The number of nitrogens with zero attached hydrogens (tertiary/aromatic N) is 2. The van der Waals surface area contributed by atoms with Gasteiger partial charge >= 0.3 is 0 Å². The Morgan fingerprint density at radius 1 is 1.25 bits per heavy atom. The van der Waals surface area contributed by atoms with Gasteiger partial charge in [-0.15, -0.1) is 0 Å². The Labute approximate surface area is 139 Å². The molecule has 0 aliphatic carbocycles. The summed E-state index contributed by atoms with van der Waals surface area (Å²) in [5.41, 5.74) is 2.23. The molecule has 6 heteroatoms. The molecule has 0 saturated carbocycles. The molecule has 6 nitrogen and oxygen atoms in total. The van der Waals surface area contributed by atoms with Crippen LogP contribution in [0.4, 0.5) is 0 Å². The third-order valence-corrected chi connectivity index (χ3v) is 3.45. The molecule has 0 radical (unpaired) electrons. The molecule has 0 unspecified atom stereocenters. The fourth-order valence-corrected chi connectivity index (χ4v) is 2.20. The number of ether oxygens (including phenoxy) is 1. The normalized spacial score (nSPS) is 10.4. The summed E-state index contributed by atoms with van der Waals surface area (Å²) in [5.74, 6) is 0.810. The van der Waals surface area contributed by atoms with Gasteiger partial charge in [-0.1, -0.05) is 18.2 Å². The number of nitrogens with one attached hydrogen (secondary N) is 1. The molecule has 2 heterocycles. The molecule has 0 saturated heterocycles. The molecule has 0 aliphatic heterocycles. The number of hydrogen-bond acceptors (Lipinski definition) is 5. The van der Waals surface area contributed by atoms with E-state index < -0.39 is 0 Å². The molecule has 1 aromatic carbocycles. The third-order valence-electron chi connectivity index (χ3n) is 3.45. The summed E-state index contributed by atoms with van der Waals surface area (Å²) < 4.78 is 10.5. The summed E-state index contributed by atoms with van der Waals surface area (Å²) in [6, 6.07) is 12.9. The largest absolute Gasteiger partial charge is 0.481 e. The van der Waals surface area contributed by atoms with Crippen molar-refractivity contribution in [3.8, 4) is 17.3 Å². The number of carbonyl (C=O) groups excluding carboxylic acids is 1. The zero-order valence-electron chi connectivity index (χ0n) is 13.2. The summed E-state index contributed by atoms with van der Waals surface area (Å²) in [7, 11) is 1.51. The Hall–Kier alpha value is -3.15. The van der Waals surface area contributed by atoms with Crippen molar-refractivity contribution in [3.63, 3.8) is 0 Å². The molecule has 0 fully saturated rings. The molecule has 0 aliphatic rings. The highest BCUT2D eigenvalue weighted by molar-refractivity contribution is 5.94. The standard InChI is InChI=1S/C18H17N3O3/c1-23-16-11-14(7-9-19-16)17(22)20-10-8-15-12-24-18(21-15)13-5-3-2-4-6-13/h2-7,9,11-12H,8,10H2,1H3,(H,20,22). The number of carbonyl (C=O) groups is 1. The van der Waals surface area contributed by atoms with Gasteiger partial charge in [0.15, 0.2) is 0 Å². The maximum absolute atomic E-state index is 12.1. The van der Waals surface area contributed by atoms with E-state index in [9.17, 15) is 4.79 Å². The van der Waals surface area contributed by atoms with Crippen molar-refractivity contribution >= 4 is 5.91 Å². The van der Waals surface area contributed by atoms with Crippen LogP contribution in [0.1, 0.15) is 16.1 Å². The van der Waals surface area contributed by atoms with Crippen molar-refractivity contribution in [2.24, 2.45) is 0 Å². The highest BCUT2D eigenvalue weighted by Gasteiger charge is 2.09. The first-order valence-electron chi connectivity index (χ1n) is 7.54. The second-order valence-corrected chi connectivity index (χ2v) is 5.10. The maximum atomic E-state index is 12.1. The second kappa shape index (κ2) is 7.41. The summed E-state index contributed by atoms with van der Waals surface area (Å²) in [6.07, 6.45) is 3.74. The minimum Gasteiger partial charge on any atom is -0.481 e. The van der Waals surface area contributed by atoms with E-state index in [1.807, 2.05) is 30.3 Å². The number of benzene rings is 1. The van der Waals surface area contributed by atoms with E-state index in [1.165, 1.54) is 13.3 Å². The molecule has 0 atom stereocenters. The molecule has 0 bridgehead atoms. The van der Waals surface area contributed by atoms with Crippen molar-refractivity contribution in [1.29, 1.82) is 0 Å². The first kappa shape index (κ1) is 15.7. The van der Waals surface area contributed by atoms with E-state index in [-0.39, 0.29) is 5.91 Å². The second-order valence-electron chi connectivity index (χ2n) is 5.10. The Kier molecular flexibility index (Phi) is 4.86. The first-order chi connectivity index (χ1) is 11.8. The minimum atomic E-state index is -0.178. The number of rotatable bonds is 6. The first-order valence-corrected chi connectivity index (χ1v) is 7.54. The average Bonchev–Trinajstić information content (AvgIpc) is 3.11. The maximum Gasteiger partial charge on any atom is 0.251 e. The van der Waals surface area contributed by atoms with Crippen LogP contribution in [-0.4, -0.2) is 29.5 Å². The van der Waals surface area contributed by atoms with Crippen LogP contribution in [0.15, 0.2) is 59.3 Å². The van der Waals surface area contributed by atoms with Crippen molar-refractivity contribution in [2.45, 2.75) is 6.42 Å². The molecule has 2 aromatic heterocycles. The summed E-state index contributed by atoms with van der Waals surface area (Å²) in [5, 5.41) is 2.84. The zero-order valence-corrected chi connectivity index (χ0v) is 13.2. The Balaban J connectivity index is 1.55. The predicted octanol–water partition coefficient (Wildman–Crippen LogP) is 2.72. The average molecular weight is 323 g/mol. The Morgan fingerprint density at radius 3 is 2.88 bits per heavy atom. The molecular weight excluding hydrogens is 306 g/mol. The van der Waals surface area contributed by atoms with Gasteiger partial charge in [-0.2, -0.15) is 0 Å². The fourth-order valence-electron chi connectivity index (χ4n) is 2.20. The molecule has 24 heavy (non-hydrogen) atoms. The molecule has 1 N–H and O–H groups in total. The SMILES string of the molecule is COc1cc(C(=O)NCCc2coc(-c3ccccc3)n2)ccn1. The van der Waals surface area contributed by atoms with Crippen LogP contribution in [-0.2, 0) is 6.42 Å². The van der Waals surface area contributed by atoms with Crippen LogP contribution in [0, 0.1) is 0 Å². The number of hydrogen-bond donors (Lipinski definition) is 1. The zero-order chi connectivity index (χ0) is 16.8. The third kappa shape index (κ3) is 3.78. The van der Waals surface area contributed by atoms with Crippen LogP contribution >= 0.6 is 0 Å². The van der Waals surface area contributed by atoms with E-state index in [0.717, 1.165) is 11.3 Å². The van der Waals surface area contributed by atoms with Gasteiger partial charge in [0.2, 0.25) is 11.8 Å². The summed E-state index contributed by atoms with van der Waals surface area (Å²) in [4.78, 5) is 20.5. The quantitative estimate of drug-likeness (QED) is 0.755. The van der Waals surface area contributed by atoms with Gasteiger partial charge in [0.05, 0.1) is 12.8 Å². The Morgan fingerprint density at radius 2 is 2.08 bits per heavy atom. The molecule has 122 valence electrons. The smallest absolute Gasteiger partial charge is 0.251 e. The number of methoxy groups -OCH3 is 1. The van der Waals surface area contributed by atoms with Gasteiger partial charge in [0, 0.05) is 36.4 Å². The highest BCUT2D eigenvalue weighted by atomic mass is 16.5. The number of amides is 1. The van der Waals surface area contributed by atoms with E-state index >= 15 is 0 Å². The lowest BCUT2D eigenvalue weighted by atomic mass is 10.2. The summed E-state index contributed by atoms with van der Waals surface area (Å²) in [6.45, 7) is 0.463. The molecule has 0 spiro atoms. The lowest BCUT2D eigenvalue weighted by Crippen LogP contribution is -2.25. The van der Waals surface area contributed by atoms with E-state index in [4.69, 9.17) is 9.15 Å². The van der Waals surface area contributed by atoms with Crippen LogP contribution in [0.25, 0.3) is 11.5 Å². The van der Waals surface area contributed by atoms with Crippen LogP contribution in [0.3, 0.4) is 0 Å². The highest BCUT2D eigenvalue weighted by Crippen LogP contribution is 2.18. The van der Waals surface area contributed by atoms with E-state index in [1.54, 1.807) is 18.4 Å².